The highest BCUT2D eigenvalue weighted by Crippen LogP contribution is 2.25. The van der Waals surface area contributed by atoms with E-state index in [-0.39, 0.29) is 23.8 Å². The Hall–Kier alpha value is -3.87. The molecular weight excluding hydrogens is 486 g/mol. The summed E-state index contributed by atoms with van der Waals surface area (Å²) in [7, 11) is 0. The number of carbonyl (C=O) groups excluding carboxylic acids is 2. The van der Waals surface area contributed by atoms with Gasteiger partial charge in [0.05, 0.1) is 12.2 Å². The molecule has 0 bridgehead atoms. The first-order valence-electron chi connectivity index (χ1n) is 12.3. The highest BCUT2D eigenvalue weighted by atomic mass is 35.5. The van der Waals surface area contributed by atoms with E-state index in [1.807, 2.05) is 48.5 Å². The van der Waals surface area contributed by atoms with Gasteiger partial charge in [0.15, 0.2) is 0 Å². The minimum Gasteiger partial charge on any atom is -0.464 e. The predicted octanol–water partition coefficient (Wildman–Crippen LogP) is 5.86. The van der Waals surface area contributed by atoms with E-state index in [9.17, 15) is 9.59 Å². The van der Waals surface area contributed by atoms with Crippen molar-refractivity contribution in [2.45, 2.75) is 19.0 Å². The topological polar surface area (TPSA) is 74.6 Å². The molecule has 2 unspecified atom stereocenters. The van der Waals surface area contributed by atoms with Crippen LogP contribution in [0.1, 0.15) is 22.3 Å². The van der Waals surface area contributed by atoms with E-state index in [4.69, 9.17) is 16.0 Å². The van der Waals surface area contributed by atoms with Crippen LogP contribution in [0.5, 0.6) is 0 Å². The zero-order valence-electron chi connectivity index (χ0n) is 20.3. The minimum absolute atomic E-state index is 0.0351. The molecular formula is C30H28ClN3O3. The number of rotatable bonds is 7. The first-order valence-corrected chi connectivity index (χ1v) is 12.7. The van der Waals surface area contributed by atoms with Crippen LogP contribution in [0.4, 0.5) is 5.69 Å². The normalized spacial score (nSPS) is 17.4. The number of hydrogen-bond donors (Lipinski definition) is 2. The molecule has 188 valence electrons. The molecule has 0 spiro atoms. The maximum absolute atomic E-state index is 13.6. The van der Waals surface area contributed by atoms with Gasteiger partial charge in [-0.2, -0.15) is 0 Å². The largest absolute Gasteiger partial charge is 0.464 e. The second kappa shape index (κ2) is 11.5. The highest BCUT2D eigenvalue weighted by molar-refractivity contribution is 6.30. The van der Waals surface area contributed by atoms with E-state index >= 15 is 0 Å². The molecule has 37 heavy (non-hydrogen) atoms. The van der Waals surface area contributed by atoms with Gasteiger partial charge in [-0.3, -0.25) is 9.59 Å². The molecule has 2 atom stereocenters. The average Bonchev–Trinajstić information content (AvgIpc) is 3.48. The molecule has 2 amide bonds. The van der Waals surface area contributed by atoms with Crippen LogP contribution in [0.25, 0.3) is 11.3 Å². The third-order valence-electron chi connectivity index (χ3n) is 6.57. The molecule has 1 aromatic heterocycles. The minimum atomic E-state index is -0.366. The maximum Gasteiger partial charge on any atom is 0.253 e. The fourth-order valence-electron chi connectivity index (χ4n) is 4.67. The van der Waals surface area contributed by atoms with Gasteiger partial charge in [-0.15, -0.1) is 0 Å². The Balaban J connectivity index is 1.34. The van der Waals surface area contributed by atoms with Gasteiger partial charge >= 0.3 is 0 Å². The van der Waals surface area contributed by atoms with Crippen LogP contribution < -0.4 is 10.6 Å². The van der Waals surface area contributed by atoms with Crippen molar-refractivity contribution in [3.63, 3.8) is 0 Å². The van der Waals surface area contributed by atoms with Gasteiger partial charge in [0.25, 0.3) is 5.91 Å². The summed E-state index contributed by atoms with van der Waals surface area (Å²) in [5.41, 5.74) is 3.23. The number of hydrogen-bond acceptors (Lipinski definition) is 4. The number of halogens is 1. The lowest BCUT2D eigenvalue weighted by atomic mass is 9.92. The SMILES string of the molecule is O=C(Nc1ccc(Cl)cc1)C1CC(NCc2ccccc2)CN(C(=O)c2cccc(-c3ccco3)c2)C1. The summed E-state index contributed by atoms with van der Waals surface area (Å²) in [5, 5.41) is 7.15. The van der Waals surface area contributed by atoms with Gasteiger partial charge < -0.3 is 20.0 Å². The van der Waals surface area contributed by atoms with Gasteiger partial charge in [0.2, 0.25) is 5.91 Å². The average molecular weight is 514 g/mol. The van der Waals surface area contributed by atoms with Crippen molar-refractivity contribution in [3.05, 3.63) is 113 Å². The fraction of sp³-hybridized carbons (Fsp3) is 0.200. The van der Waals surface area contributed by atoms with Gasteiger partial charge in [-0.1, -0.05) is 54.1 Å². The molecule has 1 aliphatic rings. The Morgan fingerprint density at radius 1 is 0.919 bits per heavy atom. The van der Waals surface area contributed by atoms with Crippen LogP contribution in [-0.4, -0.2) is 35.8 Å². The van der Waals surface area contributed by atoms with E-state index in [1.54, 1.807) is 41.5 Å². The summed E-state index contributed by atoms with van der Waals surface area (Å²) in [6.45, 7) is 1.52. The number of nitrogens with zero attached hydrogens (tertiary/aromatic N) is 1. The van der Waals surface area contributed by atoms with E-state index in [1.165, 1.54) is 0 Å². The van der Waals surface area contributed by atoms with Crippen molar-refractivity contribution in [2.24, 2.45) is 5.92 Å². The van der Waals surface area contributed by atoms with Crippen molar-refractivity contribution in [1.29, 1.82) is 0 Å². The number of furan rings is 1. The number of carbonyl (C=O) groups is 2. The Kier molecular flexibility index (Phi) is 7.68. The number of benzene rings is 3. The van der Waals surface area contributed by atoms with Crippen LogP contribution in [0.15, 0.2) is 102 Å². The van der Waals surface area contributed by atoms with Crippen LogP contribution in [0.3, 0.4) is 0 Å². The number of amides is 2. The van der Waals surface area contributed by atoms with Gasteiger partial charge in [0, 0.05) is 47.5 Å². The lowest BCUT2D eigenvalue weighted by Gasteiger charge is -2.37. The molecule has 6 nitrogen and oxygen atoms in total. The third-order valence-corrected chi connectivity index (χ3v) is 6.83. The quantitative estimate of drug-likeness (QED) is 0.324. The molecule has 2 heterocycles. The predicted molar refractivity (Wildman–Crippen MR) is 145 cm³/mol. The van der Waals surface area contributed by atoms with Gasteiger partial charge in [0.1, 0.15) is 5.76 Å². The van der Waals surface area contributed by atoms with Crippen molar-refractivity contribution >= 4 is 29.1 Å². The second-order valence-electron chi connectivity index (χ2n) is 9.26. The van der Waals surface area contributed by atoms with Crippen LogP contribution in [-0.2, 0) is 11.3 Å². The van der Waals surface area contributed by atoms with Crippen LogP contribution in [0, 0.1) is 5.92 Å². The summed E-state index contributed by atoms with van der Waals surface area (Å²) >= 11 is 5.99. The van der Waals surface area contributed by atoms with Gasteiger partial charge in [-0.25, -0.2) is 0 Å². The lowest BCUT2D eigenvalue weighted by molar-refractivity contribution is -0.121. The number of likely N-dealkylation sites (tertiary alicyclic amines) is 1. The first-order chi connectivity index (χ1) is 18.0. The third kappa shape index (κ3) is 6.28. The lowest BCUT2D eigenvalue weighted by Crippen LogP contribution is -2.53. The summed E-state index contributed by atoms with van der Waals surface area (Å²) in [6.07, 6.45) is 2.24. The van der Waals surface area contributed by atoms with Crippen molar-refractivity contribution in [2.75, 3.05) is 18.4 Å². The van der Waals surface area contributed by atoms with E-state index in [0.717, 1.165) is 11.1 Å². The van der Waals surface area contributed by atoms with E-state index in [0.29, 0.717) is 48.1 Å². The van der Waals surface area contributed by atoms with E-state index in [2.05, 4.69) is 22.8 Å². The standard InChI is InChI=1S/C30H28ClN3O3/c31-25-11-13-26(14-12-25)33-29(35)24-17-27(32-18-21-6-2-1-3-7-21)20-34(19-24)30(36)23-9-4-8-22(16-23)28-10-5-15-37-28/h1-16,24,27,32H,17-20H2,(H,33,35). The zero-order chi connectivity index (χ0) is 25.6. The van der Waals surface area contributed by atoms with Crippen LogP contribution >= 0.6 is 11.6 Å². The number of piperidine rings is 1. The number of anilines is 1. The molecule has 5 rings (SSSR count). The molecule has 2 N–H and O–H groups in total. The molecule has 0 aliphatic carbocycles. The van der Waals surface area contributed by atoms with Crippen molar-refractivity contribution in [1.82, 2.24) is 10.2 Å². The highest BCUT2D eigenvalue weighted by Gasteiger charge is 2.34. The van der Waals surface area contributed by atoms with E-state index < -0.39 is 0 Å². The first kappa shape index (κ1) is 24.8. The summed E-state index contributed by atoms with van der Waals surface area (Å²) in [4.78, 5) is 28.7. The number of nitrogens with one attached hydrogen (secondary N) is 2. The molecule has 1 fully saturated rings. The molecule has 0 saturated carbocycles. The second-order valence-corrected chi connectivity index (χ2v) is 9.70. The summed E-state index contributed by atoms with van der Waals surface area (Å²) in [5.74, 6) is 0.116. The zero-order valence-corrected chi connectivity index (χ0v) is 21.0. The monoisotopic (exact) mass is 513 g/mol. The molecule has 4 aromatic rings. The van der Waals surface area contributed by atoms with Crippen molar-refractivity contribution < 1.29 is 14.0 Å². The van der Waals surface area contributed by atoms with Gasteiger partial charge in [-0.05, 0) is 60.5 Å². The Morgan fingerprint density at radius 2 is 1.73 bits per heavy atom. The molecule has 3 aromatic carbocycles. The molecule has 1 saturated heterocycles. The molecule has 7 heteroatoms. The molecule has 0 radical (unpaired) electrons. The summed E-state index contributed by atoms with van der Waals surface area (Å²) < 4.78 is 5.51. The summed E-state index contributed by atoms with van der Waals surface area (Å²) in [6, 6.07) is 28.2. The molecule has 1 aliphatic heterocycles. The Labute approximate surface area is 221 Å². The Morgan fingerprint density at radius 3 is 2.49 bits per heavy atom. The smallest absolute Gasteiger partial charge is 0.253 e. The fourth-order valence-corrected chi connectivity index (χ4v) is 4.80. The maximum atomic E-state index is 13.6. The van der Waals surface area contributed by atoms with Crippen LogP contribution in [0.2, 0.25) is 5.02 Å². The Bertz CT molecular complexity index is 1340. The van der Waals surface area contributed by atoms with Crippen molar-refractivity contribution in [3.8, 4) is 11.3 Å².